The van der Waals surface area contributed by atoms with Crippen molar-refractivity contribution in [3.63, 3.8) is 0 Å². The number of nitriles is 1. The summed E-state index contributed by atoms with van der Waals surface area (Å²) in [6.07, 6.45) is 1.54. The number of anilines is 3. The van der Waals surface area contributed by atoms with E-state index in [4.69, 9.17) is 14.7 Å². The minimum atomic E-state index is -0.404. The quantitative estimate of drug-likeness (QED) is 0.678. The van der Waals surface area contributed by atoms with Gasteiger partial charge in [0.1, 0.15) is 11.8 Å². The first kappa shape index (κ1) is 18.7. The lowest BCUT2D eigenvalue weighted by molar-refractivity contribution is 0.102. The van der Waals surface area contributed by atoms with Crippen LogP contribution in [0, 0.1) is 11.3 Å². The molecular weight excluding hydrogens is 356 g/mol. The normalized spacial score (nSPS) is 9.89. The van der Waals surface area contributed by atoms with Gasteiger partial charge in [-0.05, 0) is 36.4 Å². The summed E-state index contributed by atoms with van der Waals surface area (Å²) in [5.74, 6) is 0.810. The van der Waals surface area contributed by atoms with E-state index in [1.54, 1.807) is 62.8 Å². The number of pyridine rings is 1. The Kier molecular flexibility index (Phi) is 5.72. The number of hydrogen-bond acceptors (Lipinski definition) is 6. The van der Waals surface area contributed by atoms with E-state index >= 15 is 0 Å². The summed E-state index contributed by atoms with van der Waals surface area (Å²) in [6.45, 7) is 0. The highest BCUT2D eigenvalue weighted by Gasteiger charge is 2.11. The first-order valence-electron chi connectivity index (χ1n) is 8.40. The molecule has 7 nitrogen and oxygen atoms in total. The van der Waals surface area contributed by atoms with Gasteiger partial charge in [-0.25, -0.2) is 0 Å². The molecule has 0 saturated carbocycles. The van der Waals surface area contributed by atoms with Crippen LogP contribution in [0.25, 0.3) is 0 Å². The zero-order valence-electron chi connectivity index (χ0n) is 15.4. The van der Waals surface area contributed by atoms with Crippen molar-refractivity contribution in [2.24, 2.45) is 0 Å². The number of amides is 1. The fraction of sp³-hybridized carbons (Fsp3) is 0.0952. The second-order valence-corrected chi connectivity index (χ2v) is 5.74. The number of hydrogen-bond donors (Lipinski definition) is 2. The monoisotopic (exact) mass is 374 g/mol. The third-order valence-corrected chi connectivity index (χ3v) is 3.96. The molecule has 0 saturated heterocycles. The van der Waals surface area contributed by atoms with Gasteiger partial charge in [0.2, 0.25) is 0 Å². The van der Waals surface area contributed by atoms with Gasteiger partial charge in [-0.2, -0.15) is 5.26 Å². The van der Waals surface area contributed by atoms with Gasteiger partial charge < -0.3 is 20.1 Å². The summed E-state index contributed by atoms with van der Waals surface area (Å²) in [4.78, 5) is 16.6. The van der Waals surface area contributed by atoms with Crippen molar-refractivity contribution in [1.82, 2.24) is 4.98 Å². The second kappa shape index (κ2) is 8.56. The van der Waals surface area contributed by atoms with Gasteiger partial charge in [-0.3, -0.25) is 9.78 Å². The van der Waals surface area contributed by atoms with Crippen LogP contribution < -0.4 is 20.1 Å². The summed E-state index contributed by atoms with van der Waals surface area (Å²) in [7, 11) is 3.14. The zero-order valence-corrected chi connectivity index (χ0v) is 15.4. The minimum Gasteiger partial charge on any atom is -0.493 e. The Bertz CT molecular complexity index is 1040. The molecule has 1 heterocycles. The molecule has 0 bridgehead atoms. The number of methoxy groups -OCH3 is 2. The lowest BCUT2D eigenvalue weighted by Crippen LogP contribution is -2.14. The molecule has 0 fully saturated rings. The second-order valence-electron chi connectivity index (χ2n) is 5.74. The van der Waals surface area contributed by atoms with E-state index in [0.29, 0.717) is 28.4 Å². The van der Waals surface area contributed by atoms with Gasteiger partial charge in [0, 0.05) is 23.6 Å². The van der Waals surface area contributed by atoms with Gasteiger partial charge in [0.25, 0.3) is 5.91 Å². The smallest absolute Gasteiger partial charge is 0.274 e. The van der Waals surface area contributed by atoms with Crippen LogP contribution >= 0.6 is 0 Å². The lowest BCUT2D eigenvalue weighted by atomic mass is 10.2. The molecule has 3 rings (SSSR count). The largest absolute Gasteiger partial charge is 0.493 e. The average molecular weight is 374 g/mol. The molecule has 0 radical (unpaired) electrons. The summed E-state index contributed by atoms with van der Waals surface area (Å²) < 4.78 is 10.5. The number of carbonyl (C=O) groups excluding carboxylic acids is 1. The first-order valence-corrected chi connectivity index (χ1v) is 8.40. The molecule has 0 spiro atoms. The van der Waals surface area contributed by atoms with E-state index in [9.17, 15) is 4.79 Å². The molecule has 0 aliphatic carbocycles. The summed E-state index contributed by atoms with van der Waals surface area (Å²) >= 11 is 0. The van der Waals surface area contributed by atoms with E-state index in [-0.39, 0.29) is 5.69 Å². The van der Waals surface area contributed by atoms with E-state index in [2.05, 4.69) is 15.6 Å². The van der Waals surface area contributed by atoms with Crippen molar-refractivity contribution < 1.29 is 14.3 Å². The predicted molar refractivity (Wildman–Crippen MR) is 106 cm³/mol. The molecule has 0 atom stereocenters. The van der Waals surface area contributed by atoms with Crippen LogP contribution in [0.2, 0.25) is 0 Å². The number of aromatic nitrogens is 1. The molecule has 2 N–H and O–H groups in total. The van der Waals surface area contributed by atoms with Crippen LogP contribution in [-0.4, -0.2) is 25.1 Å². The highest BCUT2D eigenvalue weighted by molar-refractivity contribution is 6.04. The van der Waals surface area contributed by atoms with Crippen molar-refractivity contribution in [2.75, 3.05) is 24.9 Å². The van der Waals surface area contributed by atoms with Crippen LogP contribution in [0.4, 0.5) is 17.1 Å². The predicted octanol–water partition coefficient (Wildman–Crippen LogP) is 3.97. The Balaban J connectivity index is 1.79. The molecule has 3 aromatic rings. The van der Waals surface area contributed by atoms with Crippen molar-refractivity contribution in [3.8, 4) is 17.6 Å². The molecule has 7 heteroatoms. The SMILES string of the molecule is COc1ccc(Nc2ccnc(C(=O)Nc3ccccc3C#N)c2)cc1OC. The fourth-order valence-electron chi connectivity index (χ4n) is 2.59. The maximum Gasteiger partial charge on any atom is 0.274 e. The van der Waals surface area contributed by atoms with Crippen LogP contribution in [0.5, 0.6) is 11.5 Å². The van der Waals surface area contributed by atoms with Crippen molar-refractivity contribution in [2.45, 2.75) is 0 Å². The Morgan fingerprint density at radius 3 is 2.50 bits per heavy atom. The van der Waals surface area contributed by atoms with E-state index < -0.39 is 5.91 Å². The highest BCUT2D eigenvalue weighted by atomic mass is 16.5. The van der Waals surface area contributed by atoms with Crippen LogP contribution in [0.15, 0.2) is 60.8 Å². The van der Waals surface area contributed by atoms with Gasteiger partial charge in [0.05, 0.1) is 25.5 Å². The van der Waals surface area contributed by atoms with Gasteiger partial charge in [-0.15, -0.1) is 0 Å². The summed E-state index contributed by atoms with van der Waals surface area (Å²) in [5, 5.41) is 15.1. The van der Waals surface area contributed by atoms with Crippen molar-refractivity contribution >= 4 is 23.0 Å². The summed E-state index contributed by atoms with van der Waals surface area (Å²) in [6, 6.07) is 17.6. The number of rotatable bonds is 6. The van der Waals surface area contributed by atoms with Crippen LogP contribution in [0.3, 0.4) is 0 Å². The highest BCUT2D eigenvalue weighted by Crippen LogP contribution is 2.31. The molecular formula is C21H18N4O3. The van der Waals surface area contributed by atoms with E-state index in [0.717, 1.165) is 5.69 Å². The standard InChI is InChI=1S/C21H18N4O3/c1-27-19-8-7-15(12-20(19)28-2)24-16-9-10-23-18(11-16)21(26)25-17-6-4-3-5-14(17)13-22/h3-12H,1-2H3,(H,23,24)(H,25,26). The Hall–Kier alpha value is -4.05. The third-order valence-electron chi connectivity index (χ3n) is 3.96. The van der Waals surface area contributed by atoms with E-state index in [1.807, 2.05) is 12.1 Å². The number of para-hydroxylation sites is 1. The molecule has 1 aromatic heterocycles. The van der Waals surface area contributed by atoms with Crippen LogP contribution in [0.1, 0.15) is 16.1 Å². The lowest BCUT2D eigenvalue weighted by Gasteiger charge is -2.12. The maximum atomic E-state index is 12.5. The topological polar surface area (TPSA) is 96.3 Å². The maximum absolute atomic E-state index is 12.5. The molecule has 0 aliphatic rings. The Morgan fingerprint density at radius 1 is 1.00 bits per heavy atom. The minimum absolute atomic E-state index is 0.221. The summed E-state index contributed by atoms with van der Waals surface area (Å²) in [5.41, 5.74) is 2.50. The molecule has 1 amide bonds. The van der Waals surface area contributed by atoms with Crippen LogP contribution in [-0.2, 0) is 0 Å². The van der Waals surface area contributed by atoms with E-state index in [1.165, 1.54) is 6.20 Å². The third kappa shape index (κ3) is 4.19. The zero-order chi connectivity index (χ0) is 19.9. The number of carbonyl (C=O) groups is 1. The van der Waals surface area contributed by atoms with Gasteiger partial charge in [-0.1, -0.05) is 12.1 Å². The Morgan fingerprint density at radius 2 is 1.75 bits per heavy atom. The number of ether oxygens (including phenoxy) is 2. The number of nitrogens with one attached hydrogen (secondary N) is 2. The number of benzene rings is 2. The molecule has 28 heavy (non-hydrogen) atoms. The molecule has 140 valence electrons. The molecule has 0 unspecified atom stereocenters. The van der Waals surface area contributed by atoms with Crippen molar-refractivity contribution in [1.29, 1.82) is 5.26 Å². The Labute approximate surface area is 162 Å². The van der Waals surface area contributed by atoms with Gasteiger partial charge >= 0.3 is 0 Å². The molecule has 2 aromatic carbocycles. The first-order chi connectivity index (χ1) is 13.6. The average Bonchev–Trinajstić information content (AvgIpc) is 2.74. The fourth-order valence-corrected chi connectivity index (χ4v) is 2.59. The van der Waals surface area contributed by atoms with Gasteiger partial charge in [0.15, 0.2) is 11.5 Å². The number of nitrogens with zero attached hydrogens (tertiary/aromatic N) is 2. The molecule has 0 aliphatic heterocycles. The van der Waals surface area contributed by atoms with Crippen molar-refractivity contribution in [3.05, 3.63) is 72.1 Å².